The molecule has 2 heterocycles. The van der Waals surface area contributed by atoms with Crippen LogP contribution in [-0.4, -0.2) is 78.5 Å². The van der Waals surface area contributed by atoms with Crippen molar-refractivity contribution < 1.29 is 38.9 Å². The zero-order valence-corrected chi connectivity index (χ0v) is 25.7. The minimum Gasteiger partial charge on any atom is -0.504 e. The van der Waals surface area contributed by atoms with Crippen LogP contribution in [0.25, 0.3) is 0 Å². The Labute approximate surface area is 255 Å². The van der Waals surface area contributed by atoms with Crippen molar-refractivity contribution in [3.63, 3.8) is 0 Å². The molecular weight excluding hydrogens is 699 g/mol. The van der Waals surface area contributed by atoms with E-state index in [9.17, 15) is 29.1 Å². The molecule has 40 heavy (non-hydrogen) atoms. The number of allylic oxidation sites excluding steroid dienone is 2. The summed E-state index contributed by atoms with van der Waals surface area (Å²) in [6.07, 6.45) is 1.62. The largest absolute Gasteiger partial charge is 0.504 e. The number of benzene rings is 1. The Morgan fingerprint density at radius 1 is 1.12 bits per heavy atom. The van der Waals surface area contributed by atoms with Gasteiger partial charge in [0.25, 0.3) is 11.8 Å². The van der Waals surface area contributed by atoms with Crippen molar-refractivity contribution in [2.45, 2.75) is 41.3 Å². The number of aliphatic carboxylic acids is 1. The third-order valence-corrected chi connectivity index (χ3v) is 10.9. The zero-order chi connectivity index (χ0) is 29.3. The molecule has 2 aliphatic heterocycles. The van der Waals surface area contributed by atoms with Crippen molar-refractivity contribution in [2.75, 3.05) is 19.1 Å². The van der Waals surface area contributed by atoms with E-state index in [1.54, 1.807) is 12.1 Å². The SMILES string of the molecule is COc1cc(Br)cc(C2C3=CCC4C(=O)N(CCCC(=O)O)C(=O)C4C3CC3(Cl)C(=O)N(CBr)C(=O)C23Cl)c1O. The zero-order valence-electron chi connectivity index (χ0n) is 21.0. The Bertz CT molecular complexity index is 1390. The Morgan fingerprint density at radius 2 is 1.82 bits per heavy atom. The predicted octanol–water partition coefficient (Wildman–Crippen LogP) is 3.74. The third-order valence-electron chi connectivity index (χ3n) is 8.48. The van der Waals surface area contributed by atoms with Crippen LogP contribution < -0.4 is 4.74 Å². The molecular formula is C26H24Br2Cl2N2O8. The summed E-state index contributed by atoms with van der Waals surface area (Å²) in [6.45, 7) is -0.0493. The van der Waals surface area contributed by atoms with E-state index in [1.807, 2.05) is 0 Å². The van der Waals surface area contributed by atoms with Crippen molar-refractivity contribution in [1.82, 2.24) is 9.80 Å². The van der Waals surface area contributed by atoms with Crippen LogP contribution in [0.2, 0.25) is 0 Å². The molecule has 5 rings (SSSR count). The van der Waals surface area contributed by atoms with E-state index in [0.717, 1.165) is 9.80 Å². The van der Waals surface area contributed by atoms with Gasteiger partial charge < -0.3 is 14.9 Å². The van der Waals surface area contributed by atoms with E-state index < -0.39 is 63.0 Å². The highest BCUT2D eigenvalue weighted by atomic mass is 79.9. The fraction of sp³-hybridized carbons (Fsp3) is 0.500. The minimum atomic E-state index is -2.06. The number of nitrogens with zero attached hydrogens (tertiary/aromatic N) is 2. The van der Waals surface area contributed by atoms with Crippen molar-refractivity contribution in [1.29, 1.82) is 0 Å². The van der Waals surface area contributed by atoms with E-state index in [-0.39, 0.29) is 54.7 Å². The lowest BCUT2D eigenvalue weighted by Crippen LogP contribution is -2.60. The highest BCUT2D eigenvalue weighted by molar-refractivity contribution is 9.10. The number of fused-ring (bicyclic) bond motifs is 4. The maximum Gasteiger partial charge on any atom is 0.303 e. The average molecular weight is 723 g/mol. The van der Waals surface area contributed by atoms with Gasteiger partial charge in [0.1, 0.15) is 0 Å². The lowest BCUT2D eigenvalue weighted by atomic mass is 9.56. The number of halogens is 4. The molecule has 214 valence electrons. The van der Waals surface area contributed by atoms with Crippen molar-refractivity contribution in [3.8, 4) is 11.5 Å². The van der Waals surface area contributed by atoms with Crippen molar-refractivity contribution >= 4 is 84.7 Å². The second kappa shape index (κ2) is 10.3. The minimum absolute atomic E-state index is 0.0493. The van der Waals surface area contributed by atoms with Crippen LogP contribution in [-0.2, 0) is 24.0 Å². The Hall–Kier alpha value is -2.15. The lowest BCUT2D eigenvalue weighted by Gasteiger charge is -2.50. The molecule has 3 fully saturated rings. The first kappa shape index (κ1) is 29.3. The molecule has 4 amide bonds. The number of carboxylic acids is 1. The highest BCUT2D eigenvalue weighted by Crippen LogP contribution is 2.66. The van der Waals surface area contributed by atoms with Crippen LogP contribution in [0.3, 0.4) is 0 Å². The number of carboxylic acid groups (broad SMARTS) is 1. The number of imide groups is 2. The van der Waals surface area contributed by atoms with Gasteiger partial charge in [-0.2, -0.15) is 0 Å². The van der Waals surface area contributed by atoms with E-state index in [1.165, 1.54) is 13.2 Å². The number of carbonyl (C=O) groups excluding carboxylic acids is 4. The van der Waals surface area contributed by atoms with Gasteiger partial charge >= 0.3 is 5.97 Å². The number of likely N-dealkylation sites (tertiary alicyclic amines) is 2. The second-order valence-corrected chi connectivity index (χ2v) is 13.0. The number of carbonyl (C=O) groups is 5. The number of aromatic hydroxyl groups is 1. The van der Waals surface area contributed by atoms with Crippen LogP contribution in [0.1, 0.15) is 37.2 Å². The number of phenolic OH excluding ortho intramolecular Hbond substituents is 1. The first-order valence-corrected chi connectivity index (χ1v) is 15.1. The van der Waals surface area contributed by atoms with Gasteiger partial charge in [-0.15, -0.1) is 23.2 Å². The summed E-state index contributed by atoms with van der Waals surface area (Å²) in [6, 6.07) is 3.09. The Balaban J connectivity index is 1.67. The topological polar surface area (TPSA) is 142 Å². The molecule has 6 atom stereocenters. The number of hydrogen-bond acceptors (Lipinski definition) is 7. The van der Waals surface area contributed by atoms with E-state index in [4.69, 9.17) is 33.0 Å². The van der Waals surface area contributed by atoms with Gasteiger partial charge in [0.05, 0.1) is 24.4 Å². The molecule has 1 saturated carbocycles. The maximum absolute atomic E-state index is 13.8. The van der Waals surface area contributed by atoms with E-state index in [0.29, 0.717) is 10.0 Å². The molecule has 1 aromatic carbocycles. The van der Waals surface area contributed by atoms with Gasteiger partial charge in [-0.25, -0.2) is 0 Å². The van der Waals surface area contributed by atoms with E-state index in [2.05, 4.69) is 31.9 Å². The summed E-state index contributed by atoms with van der Waals surface area (Å²) in [5.74, 6) is -7.19. The summed E-state index contributed by atoms with van der Waals surface area (Å²) < 4.78 is 5.83. The van der Waals surface area contributed by atoms with Crippen molar-refractivity contribution in [3.05, 3.63) is 33.8 Å². The monoisotopic (exact) mass is 720 g/mol. The molecule has 0 bridgehead atoms. The number of alkyl halides is 3. The molecule has 10 nitrogen and oxygen atoms in total. The second-order valence-electron chi connectivity index (χ2n) is 10.4. The van der Waals surface area contributed by atoms with Gasteiger partial charge in [0.2, 0.25) is 11.8 Å². The number of phenols is 1. The first-order valence-electron chi connectivity index (χ1n) is 12.5. The molecule has 0 aromatic heterocycles. The molecule has 6 unspecified atom stereocenters. The number of methoxy groups -OCH3 is 1. The number of amides is 4. The molecule has 2 saturated heterocycles. The van der Waals surface area contributed by atoms with Crippen LogP contribution in [0.4, 0.5) is 0 Å². The number of rotatable bonds is 7. The molecule has 14 heteroatoms. The summed E-state index contributed by atoms with van der Waals surface area (Å²) in [5.41, 5.74) is 0.529. The van der Waals surface area contributed by atoms with Crippen LogP contribution in [0, 0.1) is 17.8 Å². The summed E-state index contributed by atoms with van der Waals surface area (Å²) >= 11 is 20.9. The van der Waals surface area contributed by atoms with Gasteiger partial charge in [-0.1, -0.05) is 43.5 Å². The quantitative estimate of drug-likeness (QED) is 0.188. The van der Waals surface area contributed by atoms with Gasteiger partial charge in [0.15, 0.2) is 21.2 Å². The third kappa shape index (κ3) is 3.96. The maximum atomic E-state index is 13.8. The lowest BCUT2D eigenvalue weighted by molar-refractivity contribution is -0.142. The molecule has 2 aliphatic carbocycles. The Kier molecular flexibility index (Phi) is 7.55. The average Bonchev–Trinajstić information content (AvgIpc) is 3.23. The number of ether oxygens (including phenoxy) is 1. The van der Waals surface area contributed by atoms with Crippen LogP contribution >= 0.6 is 55.1 Å². The van der Waals surface area contributed by atoms with Crippen LogP contribution in [0.5, 0.6) is 11.5 Å². The molecule has 0 radical (unpaired) electrons. The molecule has 1 aromatic rings. The first-order chi connectivity index (χ1) is 18.8. The summed E-state index contributed by atoms with van der Waals surface area (Å²) in [7, 11) is 1.36. The molecule has 2 N–H and O–H groups in total. The van der Waals surface area contributed by atoms with Crippen molar-refractivity contribution in [2.24, 2.45) is 17.8 Å². The van der Waals surface area contributed by atoms with Gasteiger partial charge in [-0.05, 0) is 37.3 Å². The normalized spacial score (nSPS) is 33.1. The predicted molar refractivity (Wildman–Crippen MR) is 149 cm³/mol. The summed E-state index contributed by atoms with van der Waals surface area (Å²) in [5, 5.41) is 20.2. The fourth-order valence-electron chi connectivity index (χ4n) is 6.74. The molecule has 4 aliphatic rings. The van der Waals surface area contributed by atoms with E-state index >= 15 is 0 Å². The summed E-state index contributed by atoms with van der Waals surface area (Å²) in [4.78, 5) is 63.4. The molecule has 0 spiro atoms. The van der Waals surface area contributed by atoms with Gasteiger partial charge in [0, 0.05) is 28.9 Å². The standard InChI is InChI=1S/C26H24Br2Cl2N2O8/c1-40-16-8-11(28)7-14(20(16)35)19-12-4-5-13-18(22(37)31(21(13)36)6-2-3-17(33)34)15(12)9-25(29)23(38)32(10-27)24(39)26(19,25)30/h4,7-8,13,15,18-19,35H,2-3,5-6,9-10H2,1H3,(H,33,34). The van der Waals surface area contributed by atoms with Crippen LogP contribution in [0.15, 0.2) is 28.3 Å². The Morgan fingerprint density at radius 3 is 2.45 bits per heavy atom. The number of hydrogen-bond donors (Lipinski definition) is 2. The van der Waals surface area contributed by atoms with Gasteiger partial charge in [-0.3, -0.25) is 33.8 Å². The fourth-order valence-corrected chi connectivity index (χ4v) is 8.61. The smallest absolute Gasteiger partial charge is 0.303 e. The highest BCUT2D eigenvalue weighted by Gasteiger charge is 2.76.